The molecular formula is C23H25F2N3O4. The molecule has 32 heavy (non-hydrogen) atoms. The maximum Gasteiger partial charge on any atom is 0.272 e. The summed E-state index contributed by atoms with van der Waals surface area (Å²) in [5, 5.41) is 2.86. The molecule has 1 unspecified atom stereocenters. The van der Waals surface area contributed by atoms with Crippen LogP contribution in [0.25, 0.3) is 0 Å². The van der Waals surface area contributed by atoms with Crippen LogP contribution >= 0.6 is 0 Å². The summed E-state index contributed by atoms with van der Waals surface area (Å²) in [6, 6.07) is 6.29. The number of anilines is 1. The lowest BCUT2D eigenvalue weighted by atomic mass is 10.1. The van der Waals surface area contributed by atoms with Crippen LogP contribution < -0.4 is 14.8 Å². The van der Waals surface area contributed by atoms with Crippen LogP contribution in [-0.4, -0.2) is 41.8 Å². The van der Waals surface area contributed by atoms with Crippen molar-refractivity contribution in [2.75, 3.05) is 19.0 Å². The number of hydrogen-bond acceptors (Lipinski definition) is 5. The first-order valence-electron chi connectivity index (χ1n) is 10.5. The third kappa shape index (κ3) is 4.66. The topological polar surface area (TPSA) is 80.8 Å². The van der Waals surface area contributed by atoms with Crippen LogP contribution in [0.4, 0.5) is 14.6 Å². The van der Waals surface area contributed by atoms with Gasteiger partial charge in [0.1, 0.15) is 12.4 Å². The number of methoxy groups -OCH3 is 1. The highest BCUT2D eigenvalue weighted by molar-refractivity contribution is 6.01. The molecule has 2 aromatic rings. The lowest BCUT2D eigenvalue weighted by Gasteiger charge is -2.25. The Labute approximate surface area is 184 Å². The monoisotopic (exact) mass is 445 g/mol. The maximum absolute atomic E-state index is 13.1. The number of aromatic nitrogens is 1. The molecule has 170 valence electrons. The highest BCUT2D eigenvalue weighted by Gasteiger charge is 2.34. The fourth-order valence-corrected chi connectivity index (χ4v) is 3.83. The molecule has 1 aromatic carbocycles. The number of nitrogens with zero attached hydrogens (tertiary/aromatic N) is 2. The number of rotatable bonds is 9. The summed E-state index contributed by atoms with van der Waals surface area (Å²) >= 11 is 0. The van der Waals surface area contributed by atoms with Crippen molar-refractivity contribution >= 4 is 17.6 Å². The van der Waals surface area contributed by atoms with Crippen LogP contribution in [0.2, 0.25) is 0 Å². The van der Waals surface area contributed by atoms with Crippen molar-refractivity contribution in [3.05, 3.63) is 47.2 Å². The van der Waals surface area contributed by atoms with Crippen LogP contribution in [0.1, 0.15) is 53.7 Å². The molecule has 1 aromatic heterocycles. The third-order valence-corrected chi connectivity index (χ3v) is 5.81. The lowest BCUT2D eigenvalue weighted by molar-refractivity contribution is -0.116. The van der Waals surface area contributed by atoms with Crippen molar-refractivity contribution in [1.29, 1.82) is 0 Å². The molecule has 1 aliphatic heterocycles. The zero-order valence-electron chi connectivity index (χ0n) is 17.9. The summed E-state index contributed by atoms with van der Waals surface area (Å²) in [5.41, 5.74) is 1.97. The van der Waals surface area contributed by atoms with Crippen molar-refractivity contribution in [3.63, 3.8) is 0 Å². The highest BCUT2D eigenvalue weighted by Crippen LogP contribution is 2.37. The largest absolute Gasteiger partial charge is 0.493 e. The minimum absolute atomic E-state index is 0.0866. The number of pyridine rings is 1. The Kier molecular flexibility index (Phi) is 6.25. The minimum atomic E-state index is -2.59. The number of amides is 2. The van der Waals surface area contributed by atoms with E-state index < -0.39 is 13.0 Å². The van der Waals surface area contributed by atoms with Gasteiger partial charge in [-0.25, -0.2) is 13.8 Å². The average molecular weight is 445 g/mol. The van der Waals surface area contributed by atoms with Crippen LogP contribution in [0.3, 0.4) is 0 Å². The SMILES string of the molecule is COc1cc(C(C)N2Cc3c(ccnc3NC(=O)CC3CC3)C2=O)ccc1OCC(F)F. The van der Waals surface area contributed by atoms with Gasteiger partial charge < -0.3 is 19.7 Å². The van der Waals surface area contributed by atoms with Crippen molar-refractivity contribution in [1.82, 2.24) is 9.88 Å². The molecule has 0 spiro atoms. The number of benzene rings is 1. The molecule has 1 N–H and O–H groups in total. The number of halogens is 2. The molecule has 2 aliphatic rings. The number of hydrogen-bond donors (Lipinski definition) is 1. The first-order valence-corrected chi connectivity index (χ1v) is 10.5. The quantitative estimate of drug-likeness (QED) is 0.626. The van der Waals surface area contributed by atoms with Gasteiger partial charge >= 0.3 is 0 Å². The fourth-order valence-electron chi connectivity index (χ4n) is 3.83. The van der Waals surface area contributed by atoms with Gasteiger partial charge in [0.15, 0.2) is 11.5 Å². The van der Waals surface area contributed by atoms with Crippen molar-refractivity contribution < 1.29 is 27.8 Å². The molecule has 2 heterocycles. The molecule has 1 atom stereocenters. The molecule has 1 fully saturated rings. The summed E-state index contributed by atoms with van der Waals surface area (Å²) in [5.74, 6) is 1.15. The van der Waals surface area contributed by atoms with Gasteiger partial charge in [-0.1, -0.05) is 6.07 Å². The van der Waals surface area contributed by atoms with Gasteiger partial charge in [-0.05, 0) is 49.4 Å². The van der Waals surface area contributed by atoms with Crippen molar-refractivity contribution in [3.8, 4) is 11.5 Å². The van der Waals surface area contributed by atoms with Gasteiger partial charge in [-0.3, -0.25) is 9.59 Å². The van der Waals surface area contributed by atoms with Gasteiger partial charge in [0.25, 0.3) is 12.3 Å². The van der Waals surface area contributed by atoms with E-state index in [2.05, 4.69) is 10.3 Å². The number of carbonyl (C=O) groups is 2. The molecule has 9 heteroatoms. The highest BCUT2D eigenvalue weighted by atomic mass is 19.3. The summed E-state index contributed by atoms with van der Waals surface area (Å²) < 4.78 is 35.3. The number of fused-ring (bicyclic) bond motifs is 1. The Hall–Kier alpha value is -3.23. The van der Waals surface area contributed by atoms with Gasteiger partial charge in [-0.2, -0.15) is 0 Å². The van der Waals surface area contributed by atoms with E-state index in [9.17, 15) is 18.4 Å². The van der Waals surface area contributed by atoms with Crippen LogP contribution in [0.5, 0.6) is 11.5 Å². The second-order valence-electron chi connectivity index (χ2n) is 8.10. The third-order valence-electron chi connectivity index (χ3n) is 5.81. The van der Waals surface area contributed by atoms with E-state index >= 15 is 0 Å². The molecule has 7 nitrogen and oxygen atoms in total. The minimum Gasteiger partial charge on any atom is -0.493 e. The first-order chi connectivity index (χ1) is 15.4. The number of alkyl halides is 2. The van der Waals surface area contributed by atoms with E-state index in [4.69, 9.17) is 9.47 Å². The van der Waals surface area contributed by atoms with Gasteiger partial charge in [0.2, 0.25) is 5.91 Å². The van der Waals surface area contributed by atoms with Crippen LogP contribution in [0.15, 0.2) is 30.5 Å². The molecule has 1 aliphatic carbocycles. The van der Waals surface area contributed by atoms with Crippen LogP contribution in [-0.2, 0) is 11.3 Å². The van der Waals surface area contributed by atoms with Gasteiger partial charge in [0, 0.05) is 23.7 Å². The standard InChI is InChI=1S/C23H25F2N3O4/c1-13(15-5-6-18(19(10-15)31-2)32-12-20(24)25)28-11-17-16(23(28)30)7-8-26-22(17)27-21(29)9-14-3-4-14/h5-8,10,13-14,20H,3-4,9,11-12H2,1-2H3,(H,26,27,29). The van der Waals surface area contributed by atoms with E-state index in [1.165, 1.54) is 13.3 Å². The van der Waals surface area contributed by atoms with Crippen LogP contribution in [0, 0.1) is 5.92 Å². The molecule has 0 bridgehead atoms. The predicted molar refractivity (Wildman–Crippen MR) is 113 cm³/mol. The van der Waals surface area contributed by atoms with E-state index in [1.807, 2.05) is 6.92 Å². The second-order valence-corrected chi connectivity index (χ2v) is 8.10. The Morgan fingerprint density at radius 2 is 2.06 bits per heavy atom. The smallest absolute Gasteiger partial charge is 0.272 e. The van der Waals surface area contributed by atoms with E-state index in [0.29, 0.717) is 41.6 Å². The Balaban J connectivity index is 1.51. The summed E-state index contributed by atoms with van der Waals surface area (Å²) in [4.78, 5) is 31.3. The van der Waals surface area contributed by atoms with Gasteiger partial charge in [-0.15, -0.1) is 0 Å². The van der Waals surface area contributed by atoms with Gasteiger partial charge in [0.05, 0.1) is 19.7 Å². The lowest BCUT2D eigenvalue weighted by Crippen LogP contribution is -2.27. The maximum atomic E-state index is 13.1. The molecule has 4 rings (SSSR count). The van der Waals surface area contributed by atoms with Crippen molar-refractivity contribution in [2.45, 2.75) is 45.2 Å². The molecule has 2 amide bonds. The zero-order valence-corrected chi connectivity index (χ0v) is 17.9. The molecule has 1 saturated carbocycles. The summed E-state index contributed by atoms with van der Waals surface area (Å²) in [7, 11) is 1.43. The molecule has 0 radical (unpaired) electrons. The second kappa shape index (κ2) is 9.10. The normalized spacial score (nSPS) is 16.2. The number of ether oxygens (including phenoxy) is 2. The Morgan fingerprint density at radius 3 is 2.75 bits per heavy atom. The number of carbonyl (C=O) groups excluding carboxylic acids is 2. The molecular weight excluding hydrogens is 420 g/mol. The van der Waals surface area contributed by atoms with E-state index in [1.54, 1.807) is 29.2 Å². The summed E-state index contributed by atoms with van der Waals surface area (Å²) in [6.45, 7) is 1.44. The predicted octanol–water partition coefficient (Wildman–Crippen LogP) is 4.19. The van der Waals surface area contributed by atoms with Crippen molar-refractivity contribution in [2.24, 2.45) is 5.92 Å². The zero-order chi connectivity index (χ0) is 22.8. The Morgan fingerprint density at radius 1 is 1.28 bits per heavy atom. The van der Waals surface area contributed by atoms with E-state index in [0.717, 1.165) is 18.4 Å². The first kappa shape index (κ1) is 22.0. The van der Waals surface area contributed by atoms with E-state index in [-0.39, 0.29) is 23.6 Å². The Bertz CT molecular complexity index is 1030. The summed E-state index contributed by atoms with van der Waals surface area (Å²) in [6.07, 6.45) is 1.56. The fraction of sp³-hybridized carbons (Fsp3) is 0.435. The molecule has 0 saturated heterocycles. The number of nitrogens with one attached hydrogen (secondary N) is 1. The average Bonchev–Trinajstić information content (AvgIpc) is 3.52.